The van der Waals surface area contributed by atoms with Crippen LogP contribution in [0.1, 0.15) is 22.6 Å². The van der Waals surface area contributed by atoms with E-state index in [-0.39, 0.29) is 5.92 Å². The van der Waals surface area contributed by atoms with Crippen molar-refractivity contribution in [1.29, 1.82) is 0 Å². The molecule has 0 unspecified atom stereocenters. The van der Waals surface area contributed by atoms with E-state index in [0.717, 1.165) is 39.7 Å². The molecule has 0 bridgehead atoms. The summed E-state index contributed by atoms with van der Waals surface area (Å²) in [5, 5.41) is 1.22. The number of nitrogens with zero attached hydrogens (tertiary/aromatic N) is 5. The van der Waals surface area contributed by atoms with Crippen LogP contribution >= 0.6 is 0 Å². The van der Waals surface area contributed by atoms with Crippen LogP contribution in [0, 0.1) is 0 Å². The van der Waals surface area contributed by atoms with E-state index >= 15 is 0 Å². The van der Waals surface area contributed by atoms with E-state index in [4.69, 9.17) is 9.72 Å². The van der Waals surface area contributed by atoms with Crippen LogP contribution in [0.15, 0.2) is 97.8 Å². The van der Waals surface area contributed by atoms with Gasteiger partial charge >= 0.3 is 0 Å². The molecule has 0 radical (unpaired) electrons. The minimum Gasteiger partial charge on any atom is -0.481 e. The van der Waals surface area contributed by atoms with Gasteiger partial charge in [-0.25, -0.2) is 4.98 Å². The van der Waals surface area contributed by atoms with Gasteiger partial charge in [0.2, 0.25) is 5.88 Å². The third-order valence-electron chi connectivity index (χ3n) is 6.73. The molecule has 0 aliphatic heterocycles. The second-order valence-electron chi connectivity index (χ2n) is 8.94. The molecule has 4 aromatic heterocycles. The zero-order valence-electron chi connectivity index (χ0n) is 20.2. The fraction of sp³-hybridized carbons (Fsp3) is 0.133. The zero-order chi connectivity index (χ0) is 24.5. The number of rotatable bonds is 6. The Balaban J connectivity index is 1.48. The van der Waals surface area contributed by atoms with E-state index in [0.29, 0.717) is 5.88 Å². The molecule has 6 heteroatoms. The van der Waals surface area contributed by atoms with Gasteiger partial charge in [0.15, 0.2) is 0 Å². The van der Waals surface area contributed by atoms with Gasteiger partial charge in [0.1, 0.15) is 0 Å². The number of methoxy groups -OCH3 is 1. The molecule has 0 saturated carbocycles. The molecule has 6 rings (SSSR count). The molecule has 1 atom stereocenters. The van der Waals surface area contributed by atoms with Crippen LogP contribution in [0.3, 0.4) is 0 Å². The summed E-state index contributed by atoms with van der Waals surface area (Å²) in [5.74, 6) is 0.678. The lowest BCUT2D eigenvalue weighted by molar-refractivity contribution is 0.397. The topological polar surface area (TPSA) is 65.7 Å². The molecule has 0 aliphatic rings. The molecule has 0 fully saturated rings. The van der Waals surface area contributed by atoms with Gasteiger partial charge < -0.3 is 9.30 Å². The first-order valence-electron chi connectivity index (χ1n) is 11.9. The van der Waals surface area contributed by atoms with Crippen LogP contribution in [0.25, 0.3) is 33.1 Å². The second kappa shape index (κ2) is 9.23. The summed E-state index contributed by atoms with van der Waals surface area (Å²) >= 11 is 0. The van der Waals surface area contributed by atoms with Gasteiger partial charge in [0, 0.05) is 67.3 Å². The summed E-state index contributed by atoms with van der Waals surface area (Å²) in [4.78, 5) is 18.2. The van der Waals surface area contributed by atoms with Crippen LogP contribution < -0.4 is 4.74 Å². The van der Waals surface area contributed by atoms with Crippen molar-refractivity contribution >= 4 is 21.9 Å². The van der Waals surface area contributed by atoms with Crippen molar-refractivity contribution in [2.75, 3.05) is 7.11 Å². The normalized spacial score (nSPS) is 12.2. The maximum Gasteiger partial charge on any atom is 0.212 e. The van der Waals surface area contributed by atoms with Gasteiger partial charge in [-0.15, -0.1) is 0 Å². The Labute approximate surface area is 209 Å². The average molecular weight is 472 g/mol. The standard InChI is InChI=1S/C30H25N5O/c1-35-13-9-21-5-6-22(17-28(21)35)26-15-20(16-27-30(26)33-12-11-32-27)14-25(23-4-3-10-31-18-23)24-7-8-29(36-2)34-19-24/h3-13,15-19,25H,14H2,1-2H3/t25-/m1/s1. The number of fused-ring (bicyclic) bond motifs is 2. The Kier molecular flexibility index (Phi) is 5.62. The van der Waals surface area contributed by atoms with E-state index in [1.54, 1.807) is 25.7 Å². The molecule has 0 aliphatic carbocycles. The summed E-state index contributed by atoms with van der Waals surface area (Å²) in [7, 11) is 3.70. The van der Waals surface area contributed by atoms with Gasteiger partial charge in [-0.3, -0.25) is 15.0 Å². The Bertz CT molecular complexity index is 1660. The summed E-state index contributed by atoms with van der Waals surface area (Å²) in [6.07, 6.45) is 12.0. The number of hydrogen-bond donors (Lipinski definition) is 0. The summed E-state index contributed by atoms with van der Waals surface area (Å²) in [5.41, 5.74) is 8.60. The van der Waals surface area contributed by atoms with Crippen LogP contribution in [-0.2, 0) is 13.5 Å². The monoisotopic (exact) mass is 471 g/mol. The lowest BCUT2D eigenvalue weighted by Gasteiger charge is -2.19. The van der Waals surface area contributed by atoms with Crippen molar-refractivity contribution < 1.29 is 4.74 Å². The molecule has 6 aromatic rings. The highest BCUT2D eigenvalue weighted by molar-refractivity contribution is 5.95. The highest BCUT2D eigenvalue weighted by Gasteiger charge is 2.18. The molecule has 4 heterocycles. The zero-order valence-corrected chi connectivity index (χ0v) is 20.2. The van der Waals surface area contributed by atoms with E-state index in [2.05, 4.69) is 81.3 Å². The van der Waals surface area contributed by atoms with Crippen molar-refractivity contribution in [2.45, 2.75) is 12.3 Å². The predicted octanol–water partition coefficient (Wildman–Crippen LogP) is 5.96. The number of ether oxygens (including phenoxy) is 1. The SMILES string of the molecule is COc1ccc([C@H](Cc2cc(-c3ccc4ccn(C)c4c3)c3nccnc3c2)c2cccnc2)cn1. The Morgan fingerprint density at radius 1 is 0.861 bits per heavy atom. The highest BCUT2D eigenvalue weighted by atomic mass is 16.5. The molecule has 176 valence electrons. The van der Waals surface area contributed by atoms with Gasteiger partial charge in [0.25, 0.3) is 0 Å². The van der Waals surface area contributed by atoms with Crippen LogP contribution in [-0.4, -0.2) is 31.6 Å². The quantitative estimate of drug-likeness (QED) is 0.300. The van der Waals surface area contributed by atoms with Crippen molar-refractivity contribution in [3.8, 4) is 17.0 Å². The van der Waals surface area contributed by atoms with Crippen LogP contribution in [0.5, 0.6) is 5.88 Å². The first-order valence-corrected chi connectivity index (χ1v) is 11.9. The van der Waals surface area contributed by atoms with E-state index in [1.807, 2.05) is 24.5 Å². The predicted molar refractivity (Wildman–Crippen MR) is 142 cm³/mol. The molecular weight excluding hydrogens is 446 g/mol. The van der Waals surface area contributed by atoms with Crippen molar-refractivity contribution in [3.05, 3.63) is 115 Å². The van der Waals surface area contributed by atoms with Crippen molar-refractivity contribution in [1.82, 2.24) is 24.5 Å². The van der Waals surface area contributed by atoms with Gasteiger partial charge in [-0.05, 0) is 64.4 Å². The fourth-order valence-electron chi connectivity index (χ4n) is 4.87. The van der Waals surface area contributed by atoms with Crippen LogP contribution in [0.2, 0.25) is 0 Å². The summed E-state index contributed by atoms with van der Waals surface area (Å²) in [6.45, 7) is 0. The Morgan fingerprint density at radius 3 is 2.56 bits per heavy atom. The van der Waals surface area contributed by atoms with E-state index in [9.17, 15) is 0 Å². The number of hydrogen-bond acceptors (Lipinski definition) is 5. The molecule has 36 heavy (non-hydrogen) atoms. The molecule has 6 nitrogen and oxygen atoms in total. The van der Waals surface area contributed by atoms with Crippen molar-refractivity contribution in [2.24, 2.45) is 7.05 Å². The van der Waals surface area contributed by atoms with Gasteiger partial charge in [0.05, 0.1) is 18.1 Å². The number of aryl methyl sites for hydroxylation is 1. The lowest BCUT2D eigenvalue weighted by atomic mass is 9.86. The number of pyridine rings is 2. The molecule has 0 spiro atoms. The molecule has 0 amide bonds. The smallest absolute Gasteiger partial charge is 0.212 e. The molecule has 0 N–H and O–H groups in total. The minimum atomic E-state index is 0.0782. The molecular formula is C30H25N5O. The fourth-order valence-corrected chi connectivity index (χ4v) is 4.87. The summed E-state index contributed by atoms with van der Waals surface area (Å²) in [6, 6.07) is 21.2. The van der Waals surface area contributed by atoms with Gasteiger partial charge in [-0.2, -0.15) is 0 Å². The maximum absolute atomic E-state index is 5.28. The third-order valence-corrected chi connectivity index (χ3v) is 6.73. The Hall–Kier alpha value is -4.58. The third kappa shape index (κ3) is 4.07. The van der Waals surface area contributed by atoms with E-state index in [1.165, 1.54) is 16.5 Å². The highest BCUT2D eigenvalue weighted by Crippen LogP contribution is 2.34. The lowest BCUT2D eigenvalue weighted by Crippen LogP contribution is -2.07. The molecule has 2 aromatic carbocycles. The number of benzene rings is 2. The summed E-state index contributed by atoms with van der Waals surface area (Å²) < 4.78 is 7.42. The minimum absolute atomic E-state index is 0.0782. The maximum atomic E-state index is 5.28. The second-order valence-corrected chi connectivity index (χ2v) is 8.94. The van der Waals surface area contributed by atoms with Crippen molar-refractivity contribution in [3.63, 3.8) is 0 Å². The Morgan fingerprint density at radius 2 is 1.75 bits per heavy atom. The first kappa shape index (κ1) is 21.9. The first-order chi connectivity index (χ1) is 17.7. The van der Waals surface area contributed by atoms with E-state index < -0.39 is 0 Å². The van der Waals surface area contributed by atoms with Gasteiger partial charge in [-0.1, -0.05) is 24.3 Å². The van der Waals surface area contributed by atoms with Crippen LogP contribution in [0.4, 0.5) is 0 Å². The largest absolute Gasteiger partial charge is 0.481 e. The number of aromatic nitrogens is 5. The average Bonchev–Trinajstić information content (AvgIpc) is 3.31. The molecule has 0 saturated heterocycles.